The van der Waals surface area contributed by atoms with Crippen LogP contribution in [0.2, 0.25) is 0 Å². The topological polar surface area (TPSA) is 50.4 Å². The lowest BCUT2D eigenvalue weighted by Gasteiger charge is -2.27. The Labute approximate surface area is 104 Å². The molecule has 0 saturated carbocycles. The van der Waals surface area contributed by atoms with Crippen molar-refractivity contribution in [1.29, 1.82) is 0 Å². The lowest BCUT2D eigenvalue weighted by Crippen LogP contribution is -2.46. The van der Waals surface area contributed by atoms with E-state index < -0.39 is 0 Å². The summed E-state index contributed by atoms with van der Waals surface area (Å²) >= 11 is 0. The van der Waals surface area contributed by atoms with Crippen molar-refractivity contribution in [2.75, 3.05) is 33.4 Å². The minimum Gasteiger partial charge on any atom is -0.384 e. The van der Waals surface area contributed by atoms with Gasteiger partial charge in [-0.1, -0.05) is 20.8 Å². The predicted octanol–water partition coefficient (Wildman–Crippen LogP) is 1.16. The maximum absolute atomic E-state index is 12.2. The summed E-state index contributed by atoms with van der Waals surface area (Å²) in [6.07, 6.45) is 1.86. The second kappa shape index (κ2) is 5.83. The largest absolute Gasteiger partial charge is 0.384 e. The van der Waals surface area contributed by atoms with Crippen LogP contribution in [0.4, 0.5) is 0 Å². The molecule has 17 heavy (non-hydrogen) atoms. The molecule has 1 aliphatic heterocycles. The molecule has 0 aromatic heterocycles. The van der Waals surface area contributed by atoms with Gasteiger partial charge in [0.05, 0.1) is 12.0 Å². The van der Waals surface area contributed by atoms with E-state index >= 15 is 0 Å². The van der Waals surface area contributed by atoms with E-state index in [2.05, 4.69) is 31.4 Å². The Bertz CT molecular complexity index is 253. The van der Waals surface area contributed by atoms with Gasteiger partial charge in [0.1, 0.15) is 0 Å². The van der Waals surface area contributed by atoms with Crippen LogP contribution in [0.15, 0.2) is 0 Å². The van der Waals surface area contributed by atoms with Crippen molar-refractivity contribution < 1.29 is 9.53 Å². The Balaban J connectivity index is 2.44. The van der Waals surface area contributed by atoms with Crippen molar-refractivity contribution in [3.8, 4) is 0 Å². The van der Waals surface area contributed by atoms with Crippen LogP contribution in [0.25, 0.3) is 0 Å². The van der Waals surface area contributed by atoms with Crippen molar-refractivity contribution in [2.45, 2.75) is 33.6 Å². The van der Waals surface area contributed by atoms with E-state index in [0.29, 0.717) is 6.61 Å². The van der Waals surface area contributed by atoms with E-state index in [1.54, 1.807) is 7.11 Å². The summed E-state index contributed by atoms with van der Waals surface area (Å²) in [6.45, 7) is 9.41. The van der Waals surface area contributed by atoms with Crippen molar-refractivity contribution in [3.05, 3.63) is 0 Å². The molecule has 100 valence electrons. The molecule has 1 heterocycles. The van der Waals surface area contributed by atoms with Crippen molar-refractivity contribution >= 4 is 5.91 Å². The average Bonchev–Trinajstić information content (AvgIpc) is 2.66. The third-order valence-electron chi connectivity index (χ3n) is 3.31. The second-order valence-corrected chi connectivity index (χ2v) is 6.21. The van der Waals surface area contributed by atoms with Gasteiger partial charge in [-0.05, 0) is 24.8 Å². The Morgan fingerprint density at radius 3 is 2.65 bits per heavy atom. The van der Waals surface area contributed by atoms with Gasteiger partial charge in [0, 0.05) is 20.2 Å². The van der Waals surface area contributed by atoms with Crippen LogP contribution < -0.4 is 10.6 Å². The number of rotatable bonds is 5. The van der Waals surface area contributed by atoms with E-state index in [1.165, 1.54) is 0 Å². The van der Waals surface area contributed by atoms with Crippen LogP contribution in [0.1, 0.15) is 33.6 Å². The van der Waals surface area contributed by atoms with E-state index in [0.717, 1.165) is 32.5 Å². The van der Waals surface area contributed by atoms with Gasteiger partial charge in [-0.2, -0.15) is 0 Å². The first-order valence-electron chi connectivity index (χ1n) is 6.38. The number of ether oxygens (including phenoxy) is 1. The van der Waals surface area contributed by atoms with Crippen molar-refractivity contribution in [3.63, 3.8) is 0 Å². The van der Waals surface area contributed by atoms with Gasteiger partial charge in [-0.15, -0.1) is 0 Å². The summed E-state index contributed by atoms with van der Waals surface area (Å²) in [4.78, 5) is 12.2. The fourth-order valence-corrected chi connectivity index (χ4v) is 2.14. The Kier molecular flexibility index (Phi) is 4.95. The monoisotopic (exact) mass is 242 g/mol. The molecule has 1 atom stereocenters. The molecule has 1 rings (SSSR count). The summed E-state index contributed by atoms with van der Waals surface area (Å²) < 4.78 is 5.20. The highest BCUT2D eigenvalue weighted by Crippen LogP contribution is 2.26. The number of hydrogen-bond donors (Lipinski definition) is 2. The van der Waals surface area contributed by atoms with Gasteiger partial charge < -0.3 is 15.4 Å². The number of carbonyl (C=O) groups excluding carboxylic acids is 1. The zero-order valence-electron chi connectivity index (χ0n) is 11.6. The van der Waals surface area contributed by atoms with Crippen LogP contribution in [0, 0.1) is 10.8 Å². The lowest BCUT2D eigenvalue weighted by atomic mass is 9.86. The first-order valence-corrected chi connectivity index (χ1v) is 6.38. The van der Waals surface area contributed by atoms with Gasteiger partial charge in [0.2, 0.25) is 5.91 Å². The van der Waals surface area contributed by atoms with E-state index in [9.17, 15) is 4.79 Å². The minimum absolute atomic E-state index is 0.133. The molecule has 2 N–H and O–H groups in total. The molecule has 1 aliphatic rings. The number of amides is 1. The summed E-state index contributed by atoms with van der Waals surface area (Å²) in [5.74, 6) is 0.133. The lowest BCUT2D eigenvalue weighted by molar-refractivity contribution is -0.133. The molecule has 1 fully saturated rings. The molecule has 1 amide bonds. The quantitative estimate of drug-likeness (QED) is 0.761. The fourth-order valence-electron chi connectivity index (χ4n) is 2.14. The Morgan fingerprint density at radius 1 is 1.47 bits per heavy atom. The summed E-state index contributed by atoms with van der Waals surface area (Å²) in [7, 11) is 1.66. The van der Waals surface area contributed by atoms with Crippen LogP contribution in [0.3, 0.4) is 0 Å². The molecule has 1 saturated heterocycles. The standard InChI is InChI=1S/C13H26N2O2/c1-12(2,3)5-8-15-11(16)13(10-17-4)6-7-14-9-13/h14H,5-10H2,1-4H3,(H,15,16). The summed E-state index contributed by atoms with van der Waals surface area (Å²) in [5, 5.41) is 6.29. The number of carbonyl (C=O) groups is 1. The minimum atomic E-state index is -0.355. The third kappa shape index (κ3) is 4.28. The Morgan fingerprint density at radius 2 is 2.18 bits per heavy atom. The molecule has 0 spiro atoms. The van der Waals surface area contributed by atoms with Gasteiger partial charge in [0.25, 0.3) is 0 Å². The van der Waals surface area contributed by atoms with E-state index in [4.69, 9.17) is 4.74 Å². The normalized spacial score (nSPS) is 24.9. The second-order valence-electron chi connectivity index (χ2n) is 6.21. The summed E-state index contributed by atoms with van der Waals surface area (Å²) in [5.41, 5.74) is -0.0950. The van der Waals surface area contributed by atoms with Gasteiger partial charge in [0.15, 0.2) is 0 Å². The van der Waals surface area contributed by atoms with Gasteiger partial charge in [-0.3, -0.25) is 4.79 Å². The molecular formula is C13H26N2O2. The SMILES string of the molecule is COCC1(C(=O)NCCC(C)(C)C)CCNC1. The highest BCUT2D eigenvalue weighted by molar-refractivity contribution is 5.83. The van der Waals surface area contributed by atoms with E-state index in [-0.39, 0.29) is 16.7 Å². The van der Waals surface area contributed by atoms with Gasteiger partial charge in [-0.25, -0.2) is 0 Å². The van der Waals surface area contributed by atoms with Crippen molar-refractivity contribution in [1.82, 2.24) is 10.6 Å². The van der Waals surface area contributed by atoms with Gasteiger partial charge >= 0.3 is 0 Å². The maximum Gasteiger partial charge on any atom is 0.229 e. The molecule has 1 unspecified atom stereocenters. The van der Waals surface area contributed by atoms with Crippen LogP contribution >= 0.6 is 0 Å². The molecular weight excluding hydrogens is 216 g/mol. The number of hydrogen-bond acceptors (Lipinski definition) is 3. The zero-order valence-corrected chi connectivity index (χ0v) is 11.6. The molecule has 4 nitrogen and oxygen atoms in total. The fraction of sp³-hybridized carbons (Fsp3) is 0.923. The molecule has 0 bridgehead atoms. The average molecular weight is 242 g/mol. The molecule has 0 aromatic rings. The van der Waals surface area contributed by atoms with Crippen LogP contribution in [-0.2, 0) is 9.53 Å². The zero-order chi connectivity index (χ0) is 12.9. The smallest absolute Gasteiger partial charge is 0.229 e. The molecule has 0 aliphatic carbocycles. The first kappa shape index (κ1) is 14.5. The maximum atomic E-state index is 12.2. The highest BCUT2D eigenvalue weighted by atomic mass is 16.5. The van der Waals surface area contributed by atoms with Crippen molar-refractivity contribution in [2.24, 2.45) is 10.8 Å². The van der Waals surface area contributed by atoms with Crippen LogP contribution in [0.5, 0.6) is 0 Å². The molecule has 4 heteroatoms. The number of nitrogens with one attached hydrogen (secondary N) is 2. The molecule has 0 radical (unpaired) electrons. The number of methoxy groups -OCH3 is 1. The third-order valence-corrected chi connectivity index (χ3v) is 3.31. The molecule has 0 aromatic carbocycles. The van der Waals surface area contributed by atoms with E-state index in [1.807, 2.05) is 0 Å². The summed E-state index contributed by atoms with van der Waals surface area (Å²) in [6, 6.07) is 0. The van der Waals surface area contributed by atoms with Crippen LogP contribution in [-0.4, -0.2) is 39.3 Å². The Hall–Kier alpha value is -0.610. The first-order chi connectivity index (χ1) is 7.90. The highest BCUT2D eigenvalue weighted by Gasteiger charge is 2.41. The predicted molar refractivity (Wildman–Crippen MR) is 68.9 cm³/mol.